The summed E-state index contributed by atoms with van der Waals surface area (Å²) < 4.78 is 11.1. The third-order valence-electron chi connectivity index (χ3n) is 3.61. The summed E-state index contributed by atoms with van der Waals surface area (Å²) in [6, 6.07) is 0. The summed E-state index contributed by atoms with van der Waals surface area (Å²) in [6.45, 7) is 4.85. The van der Waals surface area contributed by atoms with Crippen LogP contribution < -0.4 is 9.80 Å². The minimum absolute atomic E-state index is 0.119. The van der Waals surface area contributed by atoms with Gasteiger partial charge in [0.15, 0.2) is 5.00 Å². The van der Waals surface area contributed by atoms with Gasteiger partial charge in [0.25, 0.3) is 0 Å². The fraction of sp³-hybridized carbons (Fsp3) is 0.667. The quantitative estimate of drug-likeness (QED) is 0.622. The lowest BCUT2D eigenvalue weighted by atomic mass is 10.3. The van der Waals surface area contributed by atoms with Crippen molar-refractivity contribution in [1.82, 2.24) is 0 Å². The highest BCUT2D eigenvalue weighted by atomic mass is 35.5. The molecule has 1 aromatic heterocycles. The van der Waals surface area contributed by atoms with Gasteiger partial charge in [0.2, 0.25) is 0 Å². The van der Waals surface area contributed by atoms with Gasteiger partial charge >= 0.3 is 5.69 Å². The first-order valence-corrected chi connectivity index (χ1v) is 8.00. The number of nitro groups is 1. The number of ether oxygens (including phenoxy) is 2. The molecule has 0 aromatic carbocycles. The number of thiophene rings is 1. The van der Waals surface area contributed by atoms with Crippen LogP contribution in [-0.2, 0) is 9.47 Å². The van der Waals surface area contributed by atoms with Crippen LogP contribution in [0.3, 0.4) is 0 Å². The lowest BCUT2D eigenvalue weighted by Crippen LogP contribution is -2.37. The van der Waals surface area contributed by atoms with Crippen molar-refractivity contribution < 1.29 is 14.4 Å². The van der Waals surface area contributed by atoms with Crippen LogP contribution in [0.15, 0.2) is 0 Å². The Morgan fingerprint density at radius 2 is 1.57 bits per heavy atom. The average Bonchev–Trinajstić information content (AvgIpc) is 2.87. The molecule has 0 spiro atoms. The van der Waals surface area contributed by atoms with E-state index in [1.807, 2.05) is 9.80 Å². The summed E-state index contributed by atoms with van der Waals surface area (Å²) in [5.74, 6) is 0. The van der Waals surface area contributed by atoms with Gasteiger partial charge in [-0.2, -0.15) is 0 Å². The van der Waals surface area contributed by atoms with Crippen molar-refractivity contribution in [3.05, 3.63) is 14.5 Å². The fourth-order valence-corrected chi connectivity index (χ4v) is 4.08. The molecule has 21 heavy (non-hydrogen) atoms. The van der Waals surface area contributed by atoms with E-state index in [1.165, 1.54) is 11.3 Å². The zero-order valence-corrected chi connectivity index (χ0v) is 13.0. The first-order valence-electron chi connectivity index (χ1n) is 6.80. The van der Waals surface area contributed by atoms with Crippen molar-refractivity contribution in [2.45, 2.75) is 0 Å². The molecule has 0 radical (unpaired) electrons. The highest BCUT2D eigenvalue weighted by Crippen LogP contribution is 2.50. The summed E-state index contributed by atoms with van der Waals surface area (Å²) in [7, 11) is 0. The molecule has 2 aliphatic rings. The first kappa shape index (κ1) is 14.8. The molecule has 9 heteroatoms. The van der Waals surface area contributed by atoms with Gasteiger partial charge in [0.05, 0.1) is 31.4 Å². The SMILES string of the molecule is O=[N+]([O-])c1c(N2CCOCC2)sc(Cl)c1N1CCOCC1. The Hall–Kier alpha value is -1.09. The molecule has 0 saturated carbocycles. The summed E-state index contributed by atoms with van der Waals surface area (Å²) in [5, 5.41) is 12.2. The molecule has 0 atom stereocenters. The Morgan fingerprint density at radius 3 is 2.10 bits per heavy atom. The monoisotopic (exact) mass is 333 g/mol. The van der Waals surface area contributed by atoms with E-state index in [0.717, 1.165) is 0 Å². The van der Waals surface area contributed by atoms with Crippen LogP contribution in [0.2, 0.25) is 4.34 Å². The number of hydrogen-bond donors (Lipinski definition) is 0. The Balaban J connectivity index is 1.98. The van der Waals surface area contributed by atoms with E-state index >= 15 is 0 Å². The molecule has 0 N–H and O–H groups in total. The molecule has 0 aliphatic carbocycles. The number of anilines is 2. The van der Waals surface area contributed by atoms with E-state index in [9.17, 15) is 10.1 Å². The number of morpholine rings is 2. The normalized spacial score (nSPS) is 19.9. The molecule has 2 fully saturated rings. The van der Waals surface area contributed by atoms with Crippen LogP contribution in [0.4, 0.5) is 16.4 Å². The van der Waals surface area contributed by atoms with Gasteiger partial charge in [-0.3, -0.25) is 10.1 Å². The Kier molecular flexibility index (Phi) is 4.48. The van der Waals surface area contributed by atoms with Crippen LogP contribution in [0.5, 0.6) is 0 Å². The van der Waals surface area contributed by atoms with Crippen molar-refractivity contribution in [3.63, 3.8) is 0 Å². The second kappa shape index (κ2) is 6.35. The Labute approximate surface area is 131 Å². The first-order chi connectivity index (χ1) is 10.2. The fourth-order valence-electron chi connectivity index (χ4n) is 2.58. The zero-order chi connectivity index (χ0) is 14.8. The summed E-state index contributed by atoms with van der Waals surface area (Å²) in [4.78, 5) is 15.2. The molecule has 116 valence electrons. The number of rotatable bonds is 3. The van der Waals surface area contributed by atoms with Crippen molar-refractivity contribution >= 4 is 39.3 Å². The lowest BCUT2D eigenvalue weighted by Gasteiger charge is -2.28. The van der Waals surface area contributed by atoms with E-state index in [-0.39, 0.29) is 10.6 Å². The molecule has 0 bridgehead atoms. The van der Waals surface area contributed by atoms with Crippen molar-refractivity contribution in [3.8, 4) is 0 Å². The highest BCUT2D eigenvalue weighted by molar-refractivity contribution is 7.21. The van der Waals surface area contributed by atoms with Crippen molar-refractivity contribution in [1.29, 1.82) is 0 Å². The smallest absolute Gasteiger partial charge is 0.328 e. The largest absolute Gasteiger partial charge is 0.378 e. The average molecular weight is 334 g/mol. The summed E-state index contributed by atoms with van der Waals surface area (Å²) in [5.41, 5.74) is 0.658. The van der Waals surface area contributed by atoms with Gasteiger partial charge in [-0.05, 0) is 0 Å². The minimum Gasteiger partial charge on any atom is -0.378 e. The third kappa shape index (κ3) is 2.94. The van der Waals surface area contributed by atoms with Crippen molar-refractivity contribution in [2.24, 2.45) is 0 Å². The lowest BCUT2D eigenvalue weighted by molar-refractivity contribution is -0.383. The molecular weight excluding hydrogens is 318 g/mol. The van der Waals surface area contributed by atoms with Crippen LogP contribution in [0.1, 0.15) is 0 Å². The molecule has 3 heterocycles. The van der Waals surface area contributed by atoms with E-state index in [1.54, 1.807) is 0 Å². The number of hydrogen-bond acceptors (Lipinski definition) is 7. The van der Waals surface area contributed by atoms with Crippen LogP contribution in [-0.4, -0.2) is 57.5 Å². The van der Waals surface area contributed by atoms with Crippen LogP contribution in [0.25, 0.3) is 0 Å². The van der Waals surface area contributed by atoms with Crippen LogP contribution >= 0.6 is 22.9 Å². The van der Waals surface area contributed by atoms with Gasteiger partial charge in [0, 0.05) is 26.2 Å². The van der Waals surface area contributed by atoms with E-state index in [2.05, 4.69) is 0 Å². The highest BCUT2D eigenvalue weighted by Gasteiger charge is 2.34. The topological polar surface area (TPSA) is 68.1 Å². The number of halogens is 1. The molecule has 3 rings (SSSR count). The van der Waals surface area contributed by atoms with Gasteiger partial charge in [-0.1, -0.05) is 22.9 Å². The summed E-state index contributed by atoms with van der Waals surface area (Å²) >= 11 is 7.60. The molecule has 2 saturated heterocycles. The Morgan fingerprint density at radius 1 is 1.05 bits per heavy atom. The predicted octanol–water partition coefficient (Wildman–Crippen LogP) is 1.98. The molecular formula is C12H16ClN3O4S. The second-order valence-electron chi connectivity index (χ2n) is 4.83. The van der Waals surface area contributed by atoms with Gasteiger partial charge in [0.1, 0.15) is 10.0 Å². The molecule has 0 unspecified atom stereocenters. The zero-order valence-electron chi connectivity index (χ0n) is 11.4. The molecule has 1 aromatic rings. The predicted molar refractivity (Wildman–Crippen MR) is 82.0 cm³/mol. The molecule has 7 nitrogen and oxygen atoms in total. The number of nitrogens with zero attached hydrogens (tertiary/aromatic N) is 3. The Bertz CT molecular complexity index is 527. The molecule has 0 amide bonds. The maximum Gasteiger partial charge on any atom is 0.328 e. The standard InChI is InChI=1S/C12H16ClN3O4S/c13-11-9(14-1-5-19-6-2-14)10(16(17)18)12(21-11)15-3-7-20-8-4-15/h1-8H2. The minimum atomic E-state index is -0.321. The van der Waals surface area contributed by atoms with Gasteiger partial charge in [-0.25, -0.2) is 0 Å². The van der Waals surface area contributed by atoms with Crippen molar-refractivity contribution in [2.75, 3.05) is 62.4 Å². The van der Waals surface area contributed by atoms with E-state index in [4.69, 9.17) is 21.1 Å². The maximum atomic E-state index is 11.6. The van der Waals surface area contributed by atoms with Gasteiger partial charge < -0.3 is 19.3 Å². The van der Waals surface area contributed by atoms with Crippen LogP contribution in [0, 0.1) is 10.1 Å². The van der Waals surface area contributed by atoms with Gasteiger partial charge in [-0.15, -0.1) is 0 Å². The third-order valence-corrected chi connectivity index (χ3v) is 5.04. The van der Waals surface area contributed by atoms with E-state index in [0.29, 0.717) is 67.6 Å². The second-order valence-corrected chi connectivity index (χ2v) is 6.44. The maximum absolute atomic E-state index is 11.6. The van der Waals surface area contributed by atoms with E-state index < -0.39 is 0 Å². The molecule has 2 aliphatic heterocycles. The summed E-state index contributed by atoms with van der Waals surface area (Å²) in [6.07, 6.45) is 0.